The second kappa shape index (κ2) is 10.5. The van der Waals surface area contributed by atoms with Crippen molar-refractivity contribution in [2.75, 3.05) is 21.0 Å². The van der Waals surface area contributed by atoms with Crippen LogP contribution in [0.1, 0.15) is 49.5 Å². The minimum absolute atomic E-state index is 0.00318. The number of nitrogens with one attached hydrogen (secondary N) is 1. The maximum absolute atomic E-state index is 13.2. The molecular formula is C24H33NO7. The minimum atomic E-state index is -0.817. The number of methoxy groups -OCH3 is 2. The molecule has 1 fully saturated rings. The lowest BCUT2D eigenvalue weighted by molar-refractivity contribution is -0.152. The van der Waals surface area contributed by atoms with E-state index in [0.29, 0.717) is 35.5 Å². The van der Waals surface area contributed by atoms with Crippen LogP contribution in [0.15, 0.2) is 30.4 Å². The molecule has 2 N–H and O–H groups in total. The van der Waals surface area contributed by atoms with Gasteiger partial charge in [0.2, 0.25) is 0 Å². The zero-order valence-electron chi connectivity index (χ0n) is 19.3. The summed E-state index contributed by atoms with van der Waals surface area (Å²) in [5.74, 6) is -0.136. The van der Waals surface area contributed by atoms with Gasteiger partial charge in [0.15, 0.2) is 12.6 Å². The highest BCUT2D eigenvalue weighted by Gasteiger charge is 2.43. The topological polar surface area (TPSA) is 95.5 Å². The average Bonchev–Trinajstić information content (AvgIpc) is 3.05. The van der Waals surface area contributed by atoms with E-state index < -0.39 is 18.0 Å². The molecule has 32 heavy (non-hydrogen) atoms. The molecule has 0 aromatic heterocycles. The van der Waals surface area contributed by atoms with E-state index in [1.54, 1.807) is 25.3 Å². The number of aliphatic hydroxyl groups is 1. The first-order valence-corrected chi connectivity index (χ1v) is 10.8. The fourth-order valence-electron chi connectivity index (χ4n) is 3.89. The lowest BCUT2D eigenvalue weighted by atomic mass is 10.00. The molecule has 2 unspecified atom stereocenters. The number of rotatable bonds is 4. The second-order valence-corrected chi connectivity index (χ2v) is 8.45. The van der Waals surface area contributed by atoms with Crippen molar-refractivity contribution in [3.05, 3.63) is 41.5 Å². The molecule has 1 aromatic carbocycles. The van der Waals surface area contributed by atoms with Crippen molar-refractivity contribution >= 4 is 12.0 Å². The summed E-state index contributed by atoms with van der Waals surface area (Å²) in [6.45, 7) is 5.56. The Balaban J connectivity index is 2.02. The molecule has 1 aromatic rings. The van der Waals surface area contributed by atoms with Crippen LogP contribution in [-0.2, 0) is 14.2 Å². The van der Waals surface area contributed by atoms with Crippen LogP contribution in [0.4, 0.5) is 0 Å². The van der Waals surface area contributed by atoms with Gasteiger partial charge in [-0.1, -0.05) is 24.3 Å². The van der Waals surface area contributed by atoms with E-state index in [2.05, 4.69) is 5.32 Å². The number of hydrogen-bond donors (Lipinski definition) is 2. The molecule has 3 rings (SSSR count). The summed E-state index contributed by atoms with van der Waals surface area (Å²) in [4.78, 5) is 13.2. The van der Waals surface area contributed by atoms with Crippen molar-refractivity contribution in [3.63, 3.8) is 0 Å². The Bertz CT molecular complexity index is 864. The van der Waals surface area contributed by atoms with Crippen LogP contribution in [0.25, 0.3) is 6.08 Å². The van der Waals surface area contributed by atoms with Crippen molar-refractivity contribution in [2.45, 2.75) is 63.8 Å². The number of aliphatic hydroxyl groups excluding tert-OH is 1. The van der Waals surface area contributed by atoms with Crippen molar-refractivity contribution in [1.29, 1.82) is 0 Å². The van der Waals surface area contributed by atoms with Gasteiger partial charge in [-0.3, -0.25) is 4.79 Å². The number of ether oxygens (including phenoxy) is 5. The van der Waals surface area contributed by atoms with Crippen molar-refractivity contribution in [2.24, 2.45) is 0 Å². The zero-order chi connectivity index (χ0) is 23.3. The summed E-state index contributed by atoms with van der Waals surface area (Å²) in [5, 5.41) is 13.7. The zero-order valence-corrected chi connectivity index (χ0v) is 19.3. The van der Waals surface area contributed by atoms with E-state index in [9.17, 15) is 9.90 Å². The molecule has 4 atom stereocenters. The van der Waals surface area contributed by atoms with Gasteiger partial charge in [-0.15, -0.1) is 0 Å². The molecule has 0 spiro atoms. The number of amides is 1. The molecule has 1 saturated heterocycles. The smallest absolute Gasteiger partial charge is 0.255 e. The van der Waals surface area contributed by atoms with Crippen LogP contribution in [-0.4, -0.2) is 62.2 Å². The Labute approximate surface area is 189 Å². The molecule has 0 aliphatic carbocycles. The van der Waals surface area contributed by atoms with Crippen molar-refractivity contribution < 1.29 is 33.6 Å². The Morgan fingerprint density at radius 1 is 1.19 bits per heavy atom. The maximum Gasteiger partial charge on any atom is 0.255 e. The van der Waals surface area contributed by atoms with Crippen LogP contribution in [0.2, 0.25) is 0 Å². The molecule has 8 heteroatoms. The van der Waals surface area contributed by atoms with Gasteiger partial charge in [0.1, 0.15) is 23.7 Å². The molecule has 8 nitrogen and oxygen atoms in total. The Morgan fingerprint density at radius 2 is 1.97 bits per heavy atom. The fourth-order valence-corrected chi connectivity index (χ4v) is 3.89. The number of benzene rings is 1. The summed E-state index contributed by atoms with van der Waals surface area (Å²) in [6, 6.07) is 3.28. The summed E-state index contributed by atoms with van der Waals surface area (Å²) in [6.07, 6.45) is 6.66. The fraction of sp³-hybridized carbons (Fsp3) is 0.542. The molecular weight excluding hydrogens is 414 g/mol. The van der Waals surface area contributed by atoms with E-state index in [0.717, 1.165) is 0 Å². The number of carbonyl (C=O) groups is 1. The summed E-state index contributed by atoms with van der Waals surface area (Å²) in [7, 11) is 3.07. The van der Waals surface area contributed by atoms with Gasteiger partial charge in [0.05, 0.1) is 18.8 Å². The predicted molar refractivity (Wildman–Crippen MR) is 120 cm³/mol. The SMILES string of the molecule is COCOc1cc(OC)cc2c1C(=O)NC(C)C/C=C\C(O)[C@H]1OC(C)(C)O[C@H]1C/C=C/2. The Hall–Kier alpha value is -2.39. The first-order chi connectivity index (χ1) is 15.2. The van der Waals surface area contributed by atoms with Crippen molar-refractivity contribution in [1.82, 2.24) is 5.32 Å². The highest BCUT2D eigenvalue weighted by atomic mass is 16.8. The number of hydrogen-bond acceptors (Lipinski definition) is 7. The van der Waals surface area contributed by atoms with Crippen LogP contribution in [0.5, 0.6) is 11.5 Å². The second-order valence-electron chi connectivity index (χ2n) is 8.45. The molecule has 2 aliphatic heterocycles. The molecule has 0 radical (unpaired) electrons. The third-order valence-electron chi connectivity index (χ3n) is 5.33. The lowest BCUT2D eigenvalue weighted by Crippen LogP contribution is -2.35. The summed E-state index contributed by atoms with van der Waals surface area (Å²) >= 11 is 0. The first kappa shape index (κ1) is 24.3. The van der Waals surface area contributed by atoms with Crippen LogP contribution in [0, 0.1) is 0 Å². The monoisotopic (exact) mass is 447 g/mol. The van der Waals surface area contributed by atoms with E-state index >= 15 is 0 Å². The highest BCUT2D eigenvalue weighted by Crippen LogP contribution is 2.34. The maximum atomic E-state index is 13.2. The van der Waals surface area contributed by atoms with E-state index in [4.69, 9.17) is 23.7 Å². The highest BCUT2D eigenvalue weighted by molar-refractivity contribution is 6.01. The van der Waals surface area contributed by atoms with Crippen molar-refractivity contribution in [3.8, 4) is 11.5 Å². The van der Waals surface area contributed by atoms with Gasteiger partial charge in [-0.05, 0) is 45.2 Å². The normalized spacial score (nSPS) is 29.8. The van der Waals surface area contributed by atoms with Crippen LogP contribution < -0.4 is 14.8 Å². The molecule has 2 heterocycles. The van der Waals surface area contributed by atoms with Gasteiger partial charge < -0.3 is 34.1 Å². The van der Waals surface area contributed by atoms with Gasteiger partial charge in [-0.2, -0.15) is 0 Å². The molecule has 2 aliphatic rings. The third-order valence-corrected chi connectivity index (χ3v) is 5.33. The standard InChI is InChI=1S/C24H33NO7/c1-15-8-6-10-18(26)22-19(31-24(2,3)32-22)11-7-9-16-12-17(29-5)13-20(30-14-28-4)21(16)23(27)25-15/h6-7,9-10,12-13,15,18-19,22,26H,8,11,14H2,1-5H3,(H,25,27)/b9-7+,10-6-/t15?,18?,19-,22+/m0/s1. The molecule has 176 valence electrons. The molecule has 1 amide bonds. The first-order valence-electron chi connectivity index (χ1n) is 10.8. The van der Waals surface area contributed by atoms with Gasteiger partial charge >= 0.3 is 0 Å². The van der Waals surface area contributed by atoms with Gasteiger partial charge in [0, 0.05) is 19.2 Å². The van der Waals surface area contributed by atoms with E-state index in [-0.39, 0.29) is 24.8 Å². The number of fused-ring (bicyclic) bond motifs is 2. The average molecular weight is 448 g/mol. The van der Waals surface area contributed by atoms with E-state index in [1.807, 2.05) is 39.0 Å². The minimum Gasteiger partial charge on any atom is -0.497 e. The Kier molecular flexibility index (Phi) is 7.95. The van der Waals surface area contributed by atoms with Gasteiger partial charge in [-0.25, -0.2) is 0 Å². The summed E-state index contributed by atoms with van der Waals surface area (Å²) < 4.78 is 28.1. The van der Waals surface area contributed by atoms with Gasteiger partial charge in [0.25, 0.3) is 5.91 Å². The van der Waals surface area contributed by atoms with Crippen LogP contribution >= 0.6 is 0 Å². The number of carbonyl (C=O) groups excluding carboxylic acids is 1. The molecule has 0 saturated carbocycles. The quantitative estimate of drug-likeness (QED) is 0.541. The largest absolute Gasteiger partial charge is 0.497 e. The third kappa shape index (κ3) is 5.89. The summed E-state index contributed by atoms with van der Waals surface area (Å²) in [5.41, 5.74) is 1.04. The van der Waals surface area contributed by atoms with E-state index in [1.165, 1.54) is 7.11 Å². The lowest BCUT2D eigenvalue weighted by Gasteiger charge is -2.21. The predicted octanol–water partition coefficient (Wildman–Crippen LogP) is 3.04. The van der Waals surface area contributed by atoms with Crippen LogP contribution in [0.3, 0.4) is 0 Å². The molecule has 0 bridgehead atoms. The Morgan fingerprint density at radius 3 is 2.69 bits per heavy atom.